The molecular formula is C20H27N3O2. The maximum Gasteiger partial charge on any atom is 0.0840 e. The minimum Gasteiger partial charge on any atom is -0.372 e. The first kappa shape index (κ1) is 16.8. The summed E-state index contributed by atoms with van der Waals surface area (Å²) in [4.78, 5) is 2.48. The van der Waals surface area contributed by atoms with E-state index in [-0.39, 0.29) is 11.7 Å². The van der Waals surface area contributed by atoms with Crippen LogP contribution in [0.5, 0.6) is 0 Å². The van der Waals surface area contributed by atoms with E-state index in [4.69, 9.17) is 9.47 Å². The standard InChI is InChI=1S/C20H27N3O2/c1-22-10-7-18(21-22)14-23-11-8-20(9-12-23)13-19(16-25-20)24-15-17-5-3-2-4-6-17/h2-7,10,19H,8-9,11-16H2,1H3. The van der Waals surface area contributed by atoms with Crippen LogP contribution in [0.15, 0.2) is 42.6 Å². The highest BCUT2D eigenvalue weighted by Gasteiger charge is 2.43. The molecule has 2 aliphatic heterocycles. The van der Waals surface area contributed by atoms with E-state index in [1.165, 1.54) is 5.56 Å². The summed E-state index contributed by atoms with van der Waals surface area (Å²) < 4.78 is 14.2. The van der Waals surface area contributed by atoms with Crippen LogP contribution in [-0.2, 0) is 29.7 Å². The predicted molar refractivity (Wildman–Crippen MR) is 96.0 cm³/mol. The van der Waals surface area contributed by atoms with Gasteiger partial charge in [-0.05, 0) is 24.5 Å². The molecule has 2 aliphatic rings. The van der Waals surface area contributed by atoms with Crippen LogP contribution in [0.4, 0.5) is 0 Å². The van der Waals surface area contributed by atoms with Gasteiger partial charge in [-0.3, -0.25) is 9.58 Å². The quantitative estimate of drug-likeness (QED) is 0.838. The molecule has 25 heavy (non-hydrogen) atoms. The summed E-state index contributed by atoms with van der Waals surface area (Å²) in [6.07, 6.45) is 5.44. The Balaban J connectivity index is 1.24. The van der Waals surface area contributed by atoms with Gasteiger partial charge in [-0.2, -0.15) is 5.10 Å². The van der Waals surface area contributed by atoms with Crippen LogP contribution in [0, 0.1) is 0 Å². The summed E-state index contributed by atoms with van der Waals surface area (Å²) in [5.74, 6) is 0. The molecule has 0 aliphatic carbocycles. The molecule has 4 rings (SSSR count). The van der Waals surface area contributed by atoms with Crippen LogP contribution >= 0.6 is 0 Å². The Hall–Kier alpha value is -1.69. The van der Waals surface area contributed by atoms with Gasteiger partial charge in [-0.1, -0.05) is 30.3 Å². The molecule has 0 amide bonds. The zero-order chi connectivity index (χ0) is 17.1. The summed E-state index contributed by atoms with van der Waals surface area (Å²) in [5.41, 5.74) is 2.41. The summed E-state index contributed by atoms with van der Waals surface area (Å²) in [6.45, 7) is 4.48. The molecular weight excluding hydrogens is 314 g/mol. The number of hydrogen-bond donors (Lipinski definition) is 0. The average molecular weight is 341 g/mol. The van der Waals surface area contributed by atoms with Gasteiger partial charge in [0.1, 0.15) is 0 Å². The average Bonchev–Trinajstić information content (AvgIpc) is 3.23. The summed E-state index contributed by atoms with van der Waals surface area (Å²) >= 11 is 0. The Morgan fingerprint density at radius 3 is 2.72 bits per heavy atom. The third kappa shape index (κ3) is 4.11. The Morgan fingerprint density at radius 1 is 1.20 bits per heavy atom. The zero-order valence-corrected chi connectivity index (χ0v) is 14.9. The molecule has 2 fully saturated rings. The van der Waals surface area contributed by atoms with Gasteiger partial charge in [0.05, 0.1) is 30.6 Å². The summed E-state index contributed by atoms with van der Waals surface area (Å²) in [7, 11) is 1.97. The summed E-state index contributed by atoms with van der Waals surface area (Å²) in [6, 6.07) is 12.5. The third-order valence-corrected chi connectivity index (χ3v) is 5.43. The van der Waals surface area contributed by atoms with Gasteiger partial charge in [0, 0.05) is 39.3 Å². The number of aryl methyl sites for hydroxylation is 1. The second-order valence-electron chi connectivity index (χ2n) is 7.37. The van der Waals surface area contributed by atoms with Crippen molar-refractivity contribution in [2.75, 3.05) is 19.7 Å². The maximum atomic E-state index is 6.21. The molecule has 5 nitrogen and oxygen atoms in total. The molecule has 2 aromatic rings. The highest BCUT2D eigenvalue weighted by molar-refractivity contribution is 5.13. The van der Waals surface area contributed by atoms with Crippen LogP contribution < -0.4 is 0 Å². The van der Waals surface area contributed by atoms with E-state index in [1.54, 1.807) is 0 Å². The monoisotopic (exact) mass is 341 g/mol. The molecule has 0 N–H and O–H groups in total. The third-order valence-electron chi connectivity index (χ3n) is 5.43. The Bertz CT molecular complexity index is 677. The van der Waals surface area contributed by atoms with Gasteiger partial charge in [0.2, 0.25) is 0 Å². The number of likely N-dealkylation sites (tertiary alicyclic amines) is 1. The minimum absolute atomic E-state index is 0.0297. The van der Waals surface area contributed by atoms with Crippen LogP contribution in [0.1, 0.15) is 30.5 Å². The van der Waals surface area contributed by atoms with Crippen molar-refractivity contribution in [1.29, 1.82) is 0 Å². The molecule has 0 bridgehead atoms. The van der Waals surface area contributed by atoms with Crippen molar-refractivity contribution in [2.45, 2.75) is 44.1 Å². The molecule has 0 saturated carbocycles. The topological polar surface area (TPSA) is 39.5 Å². The number of ether oxygens (including phenoxy) is 2. The fraction of sp³-hybridized carbons (Fsp3) is 0.550. The summed E-state index contributed by atoms with van der Waals surface area (Å²) in [5, 5.41) is 4.48. The van der Waals surface area contributed by atoms with E-state index in [0.717, 1.165) is 51.2 Å². The Labute approximate surface area is 149 Å². The van der Waals surface area contributed by atoms with Crippen molar-refractivity contribution in [2.24, 2.45) is 7.05 Å². The van der Waals surface area contributed by atoms with Crippen molar-refractivity contribution in [1.82, 2.24) is 14.7 Å². The number of hydrogen-bond acceptors (Lipinski definition) is 4. The lowest BCUT2D eigenvalue weighted by Crippen LogP contribution is -2.44. The van der Waals surface area contributed by atoms with E-state index < -0.39 is 0 Å². The maximum absolute atomic E-state index is 6.21. The molecule has 2 saturated heterocycles. The molecule has 1 spiro atoms. The minimum atomic E-state index is 0.0297. The predicted octanol–water partition coefficient (Wildman–Crippen LogP) is 2.76. The molecule has 1 aromatic carbocycles. The molecule has 3 heterocycles. The van der Waals surface area contributed by atoms with E-state index in [2.05, 4.69) is 40.3 Å². The largest absolute Gasteiger partial charge is 0.372 e. The molecule has 1 atom stereocenters. The fourth-order valence-electron chi connectivity index (χ4n) is 3.94. The first-order valence-electron chi connectivity index (χ1n) is 9.21. The number of benzene rings is 1. The highest BCUT2D eigenvalue weighted by Crippen LogP contribution is 2.37. The Morgan fingerprint density at radius 2 is 2.00 bits per heavy atom. The van der Waals surface area contributed by atoms with Crippen molar-refractivity contribution in [3.8, 4) is 0 Å². The number of piperidine rings is 1. The van der Waals surface area contributed by atoms with E-state index in [9.17, 15) is 0 Å². The molecule has 0 radical (unpaired) electrons. The van der Waals surface area contributed by atoms with Crippen LogP contribution in [0.2, 0.25) is 0 Å². The van der Waals surface area contributed by atoms with Gasteiger partial charge in [0.15, 0.2) is 0 Å². The molecule has 134 valence electrons. The zero-order valence-electron chi connectivity index (χ0n) is 14.9. The van der Waals surface area contributed by atoms with Crippen LogP contribution in [-0.4, -0.2) is 46.1 Å². The SMILES string of the molecule is Cn1ccc(CN2CCC3(CC2)CC(OCc2ccccc2)CO3)n1. The normalized spacial score (nSPS) is 23.3. The number of aromatic nitrogens is 2. The molecule has 1 unspecified atom stereocenters. The fourth-order valence-corrected chi connectivity index (χ4v) is 3.94. The second kappa shape index (κ2) is 7.28. The van der Waals surface area contributed by atoms with E-state index in [0.29, 0.717) is 6.61 Å². The van der Waals surface area contributed by atoms with Crippen molar-refractivity contribution in [3.05, 3.63) is 53.9 Å². The van der Waals surface area contributed by atoms with Gasteiger partial charge in [-0.25, -0.2) is 0 Å². The number of rotatable bonds is 5. The lowest BCUT2D eigenvalue weighted by molar-refractivity contribution is -0.0470. The molecule has 1 aromatic heterocycles. The van der Waals surface area contributed by atoms with Gasteiger partial charge >= 0.3 is 0 Å². The Kier molecular flexibility index (Phi) is 4.88. The van der Waals surface area contributed by atoms with E-state index >= 15 is 0 Å². The second-order valence-corrected chi connectivity index (χ2v) is 7.37. The van der Waals surface area contributed by atoms with Crippen LogP contribution in [0.3, 0.4) is 0 Å². The number of nitrogens with zero attached hydrogens (tertiary/aromatic N) is 3. The van der Waals surface area contributed by atoms with Gasteiger partial charge < -0.3 is 9.47 Å². The lowest BCUT2D eigenvalue weighted by Gasteiger charge is -2.38. The van der Waals surface area contributed by atoms with Crippen molar-refractivity contribution < 1.29 is 9.47 Å². The molecule has 5 heteroatoms. The van der Waals surface area contributed by atoms with Gasteiger partial charge in [-0.15, -0.1) is 0 Å². The van der Waals surface area contributed by atoms with E-state index in [1.807, 2.05) is 24.0 Å². The highest BCUT2D eigenvalue weighted by atomic mass is 16.6. The first-order chi connectivity index (χ1) is 12.2. The van der Waals surface area contributed by atoms with Crippen molar-refractivity contribution in [3.63, 3.8) is 0 Å². The van der Waals surface area contributed by atoms with Crippen molar-refractivity contribution >= 4 is 0 Å². The lowest BCUT2D eigenvalue weighted by atomic mass is 9.88. The smallest absolute Gasteiger partial charge is 0.0840 e. The van der Waals surface area contributed by atoms with Crippen LogP contribution in [0.25, 0.3) is 0 Å². The first-order valence-corrected chi connectivity index (χ1v) is 9.21. The van der Waals surface area contributed by atoms with Gasteiger partial charge in [0.25, 0.3) is 0 Å².